The summed E-state index contributed by atoms with van der Waals surface area (Å²) in [5.41, 5.74) is 2.38. The Morgan fingerprint density at radius 2 is 1.65 bits per heavy atom. The van der Waals surface area contributed by atoms with Crippen LogP contribution >= 0.6 is 11.6 Å². The van der Waals surface area contributed by atoms with Crippen molar-refractivity contribution in [3.05, 3.63) is 64.7 Å². The lowest BCUT2D eigenvalue weighted by Gasteiger charge is -2.12. The fourth-order valence-corrected chi connectivity index (χ4v) is 3.20. The molecular formula is C20H23ClO2. The molecule has 1 aliphatic carbocycles. The second-order valence-electron chi connectivity index (χ2n) is 6.04. The third kappa shape index (κ3) is 4.98. The Morgan fingerprint density at radius 1 is 0.913 bits per heavy atom. The van der Waals surface area contributed by atoms with Crippen LogP contribution in [0.25, 0.3) is 0 Å². The van der Waals surface area contributed by atoms with E-state index in [9.17, 15) is 0 Å². The Balaban J connectivity index is 1.44. The van der Waals surface area contributed by atoms with Gasteiger partial charge < -0.3 is 9.47 Å². The second kappa shape index (κ2) is 8.37. The maximum atomic E-state index is 6.21. The first-order chi connectivity index (χ1) is 11.3. The molecule has 0 spiro atoms. The van der Waals surface area contributed by atoms with E-state index in [1.807, 2.05) is 30.3 Å². The summed E-state index contributed by atoms with van der Waals surface area (Å²) >= 11 is 6.21. The highest BCUT2D eigenvalue weighted by Gasteiger charge is 2.14. The normalized spacial score (nSPS) is 15.0. The molecule has 0 N–H and O–H groups in total. The number of benzene rings is 2. The van der Waals surface area contributed by atoms with Gasteiger partial charge in [0.05, 0.1) is 12.7 Å². The SMILES string of the molecule is Clc1ccccc1Cc1ccc(OCCOC2CCCC2)cc1. The third-order valence-corrected chi connectivity index (χ3v) is 4.65. The smallest absolute Gasteiger partial charge is 0.119 e. The van der Waals surface area contributed by atoms with Crippen LogP contribution in [0.4, 0.5) is 0 Å². The van der Waals surface area contributed by atoms with E-state index in [0.29, 0.717) is 19.3 Å². The lowest BCUT2D eigenvalue weighted by atomic mass is 10.1. The predicted octanol–water partition coefficient (Wildman–Crippen LogP) is 5.27. The molecule has 0 unspecified atom stereocenters. The van der Waals surface area contributed by atoms with Crippen LogP contribution in [-0.4, -0.2) is 19.3 Å². The molecule has 3 rings (SSSR count). The summed E-state index contributed by atoms with van der Waals surface area (Å²) in [7, 11) is 0. The molecule has 0 aromatic heterocycles. The number of hydrogen-bond donors (Lipinski definition) is 0. The van der Waals surface area contributed by atoms with Crippen molar-refractivity contribution in [2.24, 2.45) is 0 Å². The topological polar surface area (TPSA) is 18.5 Å². The summed E-state index contributed by atoms with van der Waals surface area (Å²) in [4.78, 5) is 0. The molecule has 0 bridgehead atoms. The van der Waals surface area contributed by atoms with Crippen LogP contribution in [0.2, 0.25) is 5.02 Å². The summed E-state index contributed by atoms with van der Waals surface area (Å²) < 4.78 is 11.5. The minimum atomic E-state index is 0.455. The van der Waals surface area contributed by atoms with Gasteiger partial charge in [0.15, 0.2) is 0 Å². The highest BCUT2D eigenvalue weighted by molar-refractivity contribution is 6.31. The van der Waals surface area contributed by atoms with Crippen molar-refractivity contribution >= 4 is 11.6 Å². The zero-order chi connectivity index (χ0) is 15.9. The van der Waals surface area contributed by atoms with Gasteiger partial charge in [-0.25, -0.2) is 0 Å². The molecule has 0 heterocycles. The average Bonchev–Trinajstić information content (AvgIpc) is 3.09. The molecular weight excluding hydrogens is 308 g/mol. The molecule has 122 valence electrons. The summed E-state index contributed by atoms with van der Waals surface area (Å²) in [5.74, 6) is 0.892. The van der Waals surface area contributed by atoms with E-state index in [0.717, 1.165) is 22.8 Å². The first kappa shape index (κ1) is 16.4. The maximum Gasteiger partial charge on any atom is 0.119 e. The second-order valence-corrected chi connectivity index (χ2v) is 6.45. The van der Waals surface area contributed by atoms with Crippen LogP contribution < -0.4 is 4.74 Å². The Bertz CT molecular complexity index is 603. The fourth-order valence-electron chi connectivity index (χ4n) is 2.99. The maximum absolute atomic E-state index is 6.21. The molecule has 0 amide bonds. The zero-order valence-electron chi connectivity index (χ0n) is 13.3. The standard InChI is InChI=1S/C20H23ClO2/c21-20-8-4-1-5-17(20)15-16-9-11-19(12-10-16)23-14-13-22-18-6-2-3-7-18/h1,4-5,8-12,18H,2-3,6-7,13-15H2. The summed E-state index contributed by atoms with van der Waals surface area (Å²) in [5, 5.41) is 0.817. The Morgan fingerprint density at radius 3 is 2.39 bits per heavy atom. The minimum absolute atomic E-state index is 0.455. The van der Waals surface area contributed by atoms with Crippen LogP contribution in [0.1, 0.15) is 36.8 Å². The molecule has 0 aliphatic heterocycles. The first-order valence-corrected chi connectivity index (χ1v) is 8.76. The van der Waals surface area contributed by atoms with Gasteiger partial charge in [0.1, 0.15) is 12.4 Å². The Kier molecular flexibility index (Phi) is 5.95. The number of ether oxygens (including phenoxy) is 2. The molecule has 0 atom stereocenters. The third-order valence-electron chi connectivity index (χ3n) is 4.28. The van der Waals surface area contributed by atoms with Crippen LogP contribution in [-0.2, 0) is 11.2 Å². The highest BCUT2D eigenvalue weighted by Crippen LogP contribution is 2.22. The first-order valence-electron chi connectivity index (χ1n) is 8.38. The van der Waals surface area contributed by atoms with Gasteiger partial charge in [-0.1, -0.05) is 54.8 Å². The Labute approximate surface area is 143 Å². The molecule has 1 fully saturated rings. The van der Waals surface area contributed by atoms with E-state index in [4.69, 9.17) is 21.1 Å². The molecule has 1 aliphatic rings. The molecule has 2 nitrogen and oxygen atoms in total. The van der Waals surface area contributed by atoms with E-state index in [1.54, 1.807) is 0 Å². The van der Waals surface area contributed by atoms with E-state index >= 15 is 0 Å². The lowest BCUT2D eigenvalue weighted by molar-refractivity contribution is 0.0382. The highest BCUT2D eigenvalue weighted by atomic mass is 35.5. The van der Waals surface area contributed by atoms with Crippen molar-refractivity contribution in [3.8, 4) is 5.75 Å². The number of halogens is 1. The van der Waals surface area contributed by atoms with Crippen molar-refractivity contribution in [2.45, 2.75) is 38.2 Å². The van der Waals surface area contributed by atoms with Gasteiger partial charge in [0.2, 0.25) is 0 Å². The lowest BCUT2D eigenvalue weighted by Crippen LogP contribution is -2.13. The van der Waals surface area contributed by atoms with Gasteiger partial charge in [-0.2, -0.15) is 0 Å². The van der Waals surface area contributed by atoms with Crippen molar-refractivity contribution in [3.63, 3.8) is 0 Å². The van der Waals surface area contributed by atoms with Crippen molar-refractivity contribution in [2.75, 3.05) is 13.2 Å². The molecule has 0 radical (unpaired) electrons. The average molecular weight is 331 g/mol. The van der Waals surface area contributed by atoms with E-state index in [-0.39, 0.29) is 0 Å². The summed E-state index contributed by atoms with van der Waals surface area (Å²) in [6.07, 6.45) is 6.31. The van der Waals surface area contributed by atoms with E-state index in [2.05, 4.69) is 18.2 Å². The minimum Gasteiger partial charge on any atom is -0.491 e. The van der Waals surface area contributed by atoms with Crippen LogP contribution in [0.3, 0.4) is 0 Å². The van der Waals surface area contributed by atoms with Crippen molar-refractivity contribution in [1.29, 1.82) is 0 Å². The van der Waals surface area contributed by atoms with Gasteiger partial charge in [0.25, 0.3) is 0 Å². The van der Waals surface area contributed by atoms with E-state index in [1.165, 1.54) is 31.2 Å². The Hall–Kier alpha value is -1.51. The number of hydrogen-bond acceptors (Lipinski definition) is 2. The summed E-state index contributed by atoms with van der Waals surface area (Å²) in [6.45, 7) is 1.28. The summed E-state index contributed by atoms with van der Waals surface area (Å²) in [6, 6.07) is 16.2. The van der Waals surface area contributed by atoms with Gasteiger partial charge in [-0.05, 0) is 48.6 Å². The van der Waals surface area contributed by atoms with Crippen LogP contribution in [0.15, 0.2) is 48.5 Å². The van der Waals surface area contributed by atoms with Crippen LogP contribution in [0.5, 0.6) is 5.75 Å². The quantitative estimate of drug-likeness (QED) is 0.644. The number of rotatable bonds is 7. The largest absolute Gasteiger partial charge is 0.491 e. The predicted molar refractivity (Wildman–Crippen MR) is 94.4 cm³/mol. The van der Waals surface area contributed by atoms with Crippen LogP contribution in [0, 0.1) is 0 Å². The molecule has 0 saturated heterocycles. The zero-order valence-corrected chi connectivity index (χ0v) is 14.1. The molecule has 23 heavy (non-hydrogen) atoms. The van der Waals surface area contributed by atoms with Gasteiger partial charge >= 0.3 is 0 Å². The fraction of sp³-hybridized carbons (Fsp3) is 0.400. The molecule has 1 saturated carbocycles. The monoisotopic (exact) mass is 330 g/mol. The van der Waals surface area contributed by atoms with Crippen molar-refractivity contribution in [1.82, 2.24) is 0 Å². The molecule has 2 aromatic rings. The molecule has 2 aromatic carbocycles. The van der Waals surface area contributed by atoms with Gasteiger partial charge in [0, 0.05) is 5.02 Å². The van der Waals surface area contributed by atoms with E-state index < -0.39 is 0 Å². The van der Waals surface area contributed by atoms with Gasteiger partial charge in [-0.3, -0.25) is 0 Å². The van der Waals surface area contributed by atoms with Crippen molar-refractivity contribution < 1.29 is 9.47 Å². The van der Waals surface area contributed by atoms with Gasteiger partial charge in [-0.15, -0.1) is 0 Å². The molecule has 3 heteroatoms.